The van der Waals surface area contributed by atoms with Crippen LogP contribution < -0.4 is 9.47 Å². The molecule has 1 unspecified atom stereocenters. The van der Waals surface area contributed by atoms with Gasteiger partial charge >= 0.3 is 5.97 Å². The van der Waals surface area contributed by atoms with E-state index in [1.165, 1.54) is 13.8 Å². The summed E-state index contributed by atoms with van der Waals surface area (Å²) in [4.78, 5) is 22.0. The summed E-state index contributed by atoms with van der Waals surface area (Å²) in [5.74, 6) is 0.704. The van der Waals surface area contributed by atoms with Crippen LogP contribution in [0, 0.1) is 0 Å². The number of benzene rings is 1. The Morgan fingerprint density at radius 3 is 2.78 bits per heavy atom. The molecule has 2 rings (SSSR count). The fourth-order valence-electron chi connectivity index (χ4n) is 1.63. The number of hydrogen-bond donors (Lipinski definition) is 0. The van der Waals surface area contributed by atoms with Gasteiger partial charge in [0.05, 0.1) is 0 Å². The summed E-state index contributed by atoms with van der Waals surface area (Å²) in [6.45, 7) is 3.28. The van der Waals surface area contributed by atoms with E-state index in [1.807, 2.05) is 0 Å². The molecule has 1 heterocycles. The number of ketones is 1. The van der Waals surface area contributed by atoms with Crippen molar-refractivity contribution in [2.24, 2.45) is 0 Å². The molecule has 18 heavy (non-hydrogen) atoms. The van der Waals surface area contributed by atoms with Crippen LogP contribution >= 0.6 is 0 Å². The lowest BCUT2D eigenvalue weighted by molar-refractivity contribution is -0.144. The molecule has 0 saturated heterocycles. The molecule has 1 aliphatic rings. The van der Waals surface area contributed by atoms with Gasteiger partial charge in [0.1, 0.15) is 13.2 Å². The van der Waals surface area contributed by atoms with Crippen LogP contribution in [0.15, 0.2) is 18.2 Å². The van der Waals surface area contributed by atoms with Gasteiger partial charge in [-0.1, -0.05) is 0 Å². The number of esters is 1. The highest BCUT2D eigenvalue weighted by atomic mass is 16.6. The zero-order valence-corrected chi connectivity index (χ0v) is 10.3. The molecule has 5 heteroatoms. The summed E-state index contributed by atoms with van der Waals surface area (Å²) in [6, 6.07) is 5.03. The van der Waals surface area contributed by atoms with Crippen molar-refractivity contribution in [3.63, 3.8) is 0 Å². The smallest absolute Gasteiger partial charge is 0.302 e. The third-order valence-electron chi connectivity index (χ3n) is 2.54. The first-order chi connectivity index (χ1) is 8.56. The van der Waals surface area contributed by atoms with Crippen LogP contribution in [0.2, 0.25) is 0 Å². The van der Waals surface area contributed by atoms with E-state index in [4.69, 9.17) is 14.2 Å². The second-order valence-electron chi connectivity index (χ2n) is 4.07. The minimum absolute atomic E-state index is 0.0384. The Bertz CT molecular complexity index is 480. The van der Waals surface area contributed by atoms with Gasteiger partial charge in [0.15, 0.2) is 23.4 Å². The number of carbonyl (C=O) groups is 2. The van der Waals surface area contributed by atoms with Crippen molar-refractivity contribution in [3.8, 4) is 11.5 Å². The van der Waals surface area contributed by atoms with Crippen LogP contribution in [-0.4, -0.2) is 31.1 Å². The first kappa shape index (κ1) is 12.4. The molecule has 1 aromatic carbocycles. The Labute approximate surface area is 105 Å². The van der Waals surface area contributed by atoms with Crippen molar-refractivity contribution >= 4 is 11.8 Å². The van der Waals surface area contributed by atoms with E-state index in [0.717, 1.165) is 0 Å². The van der Waals surface area contributed by atoms with E-state index in [-0.39, 0.29) is 24.5 Å². The summed E-state index contributed by atoms with van der Waals surface area (Å²) in [5, 5.41) is 0. The molecule has 0 amide bonds. The van der Waals surface area contributed by atoms with Gasteiger partial charge in [-0.15, -0.1) is 0 Å². The predicted molar refractivity (Wildman–Crippen MR) is 63.0 cm³/mol. The number of carbonyl (C=O) groups excluding carboxylic acids is 2. The lowest BCUT2D eigenvalue weighted by Crippen LogP contribution is -2.34. The Hall–Kier alpha value is -2.04. The van der Waals surface area contributed by atoms with E-state index in [2.05, 4.69) is 0 Å². The number of hydrogen-bond acceptors (Lipinski definition) is 5. The predicted octanol–water partition coefficient (Wildman–Crippen LogP) is 1.59. The normalized spacial score (nSPS) is 17.1. The maximum Gasteiger partial charge on any atom is 0.302 e. The molecule has 96 valence electrons. The van der Waals surface area contributed by atoms with Crippen molar-refractivity contribution in [2.45, 2.75) is 20.0 Å². The Morgan fingerprint density at radius 2 is 2.11 bits per heavy atom. The van der Waals surface area contributed by atoms with Crippen molar-refractivity contribution < 1.29 is 23.8 Å². The van der Waals surface area contributed by atoms with Crippen LogP contribution in [-0.2, 0) is 9.53 Å². The van der Waals surface area contributed by atoms with E-state index in [9.17, 15) is 9.59 Å². The SMILES string of the molecule is CC(=O)OCC1COc2ccc(C(C)=O)cc2O1. The lowest BCUT2D eigenvalue weighted by Gasteiger charge is -2.26. The van der Waals surface area contributed by atoms with Crippen LogP contribution in [0.5, 0.6) is 11.5 Å². The largest absolute Gasteiger partial charge is 0.486 e. The molecule has 0 aliphatic carbocycles. The van der Waals surface area contributed by atoms with E-state index >= 15 is 0 Å². The number of Topliss-reactive ketones (excluding diaryl/α,β-unsaturated/α-hetero) is 1. The third-order valence-corrected chi connectivity index (χ3v) is 2.54. The van der Waals surface area contributed by atoms with Gasteiger partial charge < -0.3 is 14.2 Å². The van der Waals surface area contributed by atoms with Gasteiger partial charge in [0, 0.05) is 12.5 Å². The van der Waals surface area contributed by atoms with Crippen LogP contribution in [0.4, 0.5) is 0 Å². The summed E-state index contributed by atoms with van der Waals surface area (Å²) in [6.07, 6.45) is -0.344. The van der Waals surface area contributed by atoms with Crippen molar-refractivity contribution in [3.05, 3.63) is 23.8 Å². The fraction of sp³-hybridized carbons (Fsp3) is 0.385. The maximum absolute atomic E-state index is 11.3. The monoisotopic (exact) mass is 250 g/mol. The minimum Gasteiger partial charge on any atom is -0.486 e. The maximum atomic E-state index is 11.3. The number of rotatable bonds is 3. The third kappa shape index (κ3) is 2.80. The molecule has 1 atom stereocenters. The molecule has 0 saturated carbocycles. The van der Waals surface area contributed by atoms with Gasteiger partial charge in [-0.05, 0) is 25.1 Å². The van der Waals surface area contributed by atoms with Crippen molar-refractivity contribution in [1.29, 1.82) is 0 Å². The second kappa shape index (κ2) is 5.08. The second-order valence-corrected chi connectivity index (χ2v) is 4.07. The minimum atomic E-state index is -0.359. The molecule has 1 aromatic rings. The summed E-state index contributed by atoms with van der Waals surface area (Å²) >= 11 is 0. The highest BCUT2D eigenvalue weighted by molar-refractivity contribution is 5.94. The highest BCUT2D eigenvalue weighted by Crippen LogP contribution is 2.32. The molecule has 0 N–H and O–H groups in total. The zero-order chi connectivity index (χ0) is 13.1. The average Bonchev–Trinajstić information content (AvgIpc) is 2.35. The van der Waals surface area contributed by atoms with Gasteiger partial charge in [0.25, 0.3) is 0 Å². The van der Waals surface area contributed by atoms with Gasteiger partial charge in [-0.2, -0.15) is 0 Å². The first-order valence-corrected chi connectivity index (χ1v) is 5.64. The topological polar surface area (TPSA) is 61.8 Å². The Kier molecular flexibility index (Phi) is 3.50. The zero-order valence-electron chi connectivity index (χ0n) is 10.3. The van der Waals surface area contributed by atoms with Crippen LogP contribution in [0.25, 0.3) is 0 Å². The van der Waals surface area contributed by atoms with E-state index in [1.54, 1.807) is 18.2 Å². The van der Waals surface area contributed by atoms with Gasteiger partial charge in [0.2, 0.25) is 0 Å². The van der Waals surface area contributed by atoms with E-state index < -0.39 is 0 Å². The van der Waals surface area contributed by atoms with E-state index in [0.29, 0.717) is 23.7 Å². The number of ether oxygens (including phenoxy) is 3. The summed E-state index contributed by atoms with van der Waals surface area (Å²) in [5.41, 5.74) is 0.561. The fourth-order valence-corrected chi connectivity index (χ4v) is 1.63. The molecule has 0 spiro atoms. The highest BCUT2D eigenvalue weighted by Gasteiger charge is 2.22. The van der Waals surface area contributed by atoms with Crippen LogP contribution in [0.3, 0.4) is 0 Å². The van der Waals surface area contributed by atoms with Gasteiger partial charge in [-0.3, -0.25) is 9.59 Å². The molecule has 0 bridgehead atoms. The number of fused-ring (bicyclic) bond motifs is 1. The first-order valence-electron chi connectivity index (χ1n) is 5.64. The molecule has 0 fully saturated rings. The molecule has 1 aliphatic heterocycles. The van der Waals surface area contributed by atoms with Crippen molar-refractivity contribution in [1.82, 2.24) is 0 Å². The quantitative estimate of drug-likeness (QED) is 0.602. The van der Waals surface area contributed by atoms with Crippen LogP contribution in [0.1, 0.15) is 24.2 Å². The summed E-state index contributed by atoms with van der Waals surface area (Å²) in [7, 11) is 0. The molecule has 5 nitrogen and oxygen atoms in total. The van der Waals surface area contributed by atoms with Crippen molar-refractivity contribution in [2.75, 3.05) is 13.2 Å². The average molecular weight is 250 g/mol. The molecular weight excluding hydrogens is 236 g/mol. The Balaban J connectivity index is 2.09. The Morgan fingerprint density at radius 1 is 1.33 bits per heavy atom. The molecule has 0 radical (unpaired) electrons. The molecular formula is C13H14O5. The standard InChI is InChI=1S/C13H14O5/c1-8(14)10-3-4-12-13(5-10)18-11(7-17-12)6-16-9(2)15/h3-5,11H,6-7H2,1-2H3. The lowest BCUT2D eigenvalue weighted by atomic mass is 10.1. The molecule has 0 aromatic heterocycles. The van der Waals surface area contributed by atoms with Gasteiger partial charge in [-0.25, -0.2) is 0 Å². The summed E-state index contributed by atoms with van der Waals surface area (Å²) < 4.78 is 16.0.